The van der Waals surface area contributed by atoms with Crippen LogP contribution in [0.3, 0.4) is 0 Å². The minimum Gasteiger partial charge on any atom is -0.387 e. The summed E-state index contributed by atoms with van der Waals surface area (Å²) in [4.78, 5) is 42.0. The summed E-state index contributed by atoms with van der Waals surface area (Å²) >= 11 is 6.30. The molecule has 4 heterocycles. The highest BCUT2D eigenvalue weighted by Gasteiger charge is 2.45. The number of rotatable bonds is 24. The molecule has 3 aromatic rings. The maximum Gasteiger partial charge on any atom is 0.350 e. The number of aromatic nitrogens is 4. The van der Waals surface area contributed by atoms with E-state index in [9.17, 15) is 19.6 Å². The van der Waals surface area contributed by atoms with Gasteiger partial charge in [0.15, 0.2) is 11.9 Å². The minimum atomic E-state index is -4.44. The van der Waals surface area contributed by atoms with E-state index in [1.54, 1.807) is 0 Å². The first-order valence-electron chi connectivity index (χ1n) is 17.5. The third-order valence-corrected chi connectivity index (χ3v) is 9.24. The van der Waals surface area contributed by atoms with E-state index in [4.69, 9.17) is 61.0 Å². The first kappa shape index (κ1) is 42.8. The van der Waals surface area contributed by atoms with Crippen LogP contribution in [0.15, 0.2) is 36.5 Å². The molecule has 1 amide bonds. The summed E-state index contributed by atoms with van der Waals surface area (Å²) in [5, 5.41) is 29.0. The summed E-state index contributed by atoms with van der Waals surface area (Å²) in [6, 6.07) is 9.11. The number of anilines is 1. The first-order valence-corrected chi connectivity index (χ1v) is 19.7. The SMILES string of the molecule is C#CCOCCOCCOCCOCCOC[C@H](NC(=O)C1CN(c2nc(Cl)nc3c2cnn3[C@@H]2O[C@H](COCP(=O)(O)O)[C@@H](O)[C@H]2O)C1)c1ccccc1. The number of aliphatic hydroxyl groups excluding tert-OH is 2. The van der Waals surface area contributed by atoms with Crippen LogP contribution in [-0.2, 0) is 42.5 Å². The van der Waals surface area contributed by atoms with Gasteiger partial charge in [0.2, 0.25) is 11.2 Å². The highest BCUT2D eigenvalue weighted by molar-refractivity contribution is 7.51. The molecular formula is C34H46ClN6O13P. The summed E-state index contributed by atoms with van der Waals surface area (Å²) in [5.41, 5.74) is 1.10. The maximum absolute atomic E-state index is 13.4. The van der Waals surface area contributed by atoms with Crippen LogP contribution in [0.2, 0.25) is 5.28 Å². The normalized spacial score (nSPS) is 20.8. The maximum atomic E-state index is 13.4. The van der Waals surface area contributed by atoms with Gasteiger partial charge in [0.25, 0.3) is 0 Å². The second-order valence-corrected chi connectivity index (χ2v) is 14.5. The molecule has 21 heteroatoms. The van der Waals surface area contributed by atoms with E-state index in [0.29, 0.717) is 77.1 Å². The van der Waals surface area contributed by atoms with E-state index in [1.165, 1.54) is 10.9 Å². The molecule has 2 aliphatic heterocycles. The van der Waals surface area contributed by atoms with Gasteiger partial charge in [0.1, 0.15) is 37.1 Å². The molecule has 55 heavy (non-hydrogen) atoms. The van der Waals surface area contributed by atoms with Crippen molar-refractivity contribution in [3.05, 3.63) is 47.4 Å². The topological polar surface area (TPSA) is 239 Å². The zero-order valence-electron chi connectivity index (χ0n) is 29.9. The van der Waals surface area contributed by atoms with Gasteiger partial charge in [-0.15, -0.1) is 6.42 Å². The minimum absolute atomic E-state index is 0.117. The van der Waals surface area contributed by atoms with Gasteiger partial charge in [-0.25, -0.2) is 4.68 Å². The molecule has 1 aromatic carbocycles. The van der Waals surface area contributed by atoms with E-state index in [0.717, 1.165) is 5.56 Å². The van der Waals surface area contributed by atoms with Gasteiger partial charge in [-0.3, -0.25) is 9.36 Å². The number of halogens is 1. The van der Waals surface area contributed by atoms with Crippen LogP contribution < -0.4 is 10.2 Å². The van der Waals surface area contributed by atoms with E-state index in [1.807, 2.05) is 35.2 Å². The van der Waals surface area contributed by atoms with E-state index >= 15 is 0 Å². The van der Waals surface area contributed by atoms with Crippen LogP contribution in [0, 0.1) is 18.3 Å². The summed E-state index contributed by atoms with van der Waals surface area (Å²) in [6.45, 7) is 4.02. The monoisotopic (exact) mass is 812 g/mol. The van der Waals surface area contributed by atoms with Crippen LogP contribution in [0.5, 0.6) is 0 Å². The molecule has 19 nitrogen and oxygen atoms in total. The number of ether oxygens (including phenoxy) is 7. The Morgan fingerprint density at radius 3 is 2.24 bits per heavy atom. The van der Waals surface area contributed by atoms with Gasteiger partial charge in [0, 0.05) is 13.1 Å². The van der Waals surface area contributed by atoms with Crippen LogP contribution in [0.1, 0.15) is 17.8 Å². The third kappa shape index (κ3) is 12.6. The number of benzene rings is 1. The van der Waals surface area contributed by atoms with Crippen molar-refractivity contribution >= 4 is 42.0 Å². The summed E-state index contributed by atoms with van der Waals surface area (Å²) in [6.07, 6.45) is 0.480. The number of hydrogen-bond donors (Lipinski definition) is 5. The number of terminal acetylenes is 1. The Kier molecular flexibility index (Phi) is 16.6. The van der Waals surface area contributed by atoms with Gasteiger partial charge in [-0.1, -0.05) is 36.3 Å². The molecular weight excluding hydrogens is 767 g/mol. The lowest BCUT2D eigenvalue weighted by molar-refractivity contribution is -0.127. The molecule has 2 aromatic heterocycles. The van der Waals surface area contributed by atoms with Gasteiger partial charge < -0.3 is 63.4 Å². The Labute approximate surface area is 322 Å². The van der Waals surface area contributed by atoms with Crippen LogP contribution in [0.4, 0.5) is 5.82 Å². The lowest BCUT2D eigenvalue weighted by Gasteiger charge is -2.40. The smallest absolute Gasteiger partial charge is 0.350 e. The second kappa shape index (κ2) is 21.3. The van der Waals surface area contributed by atoms with Gasteiger partial charge >= 0.3 is 7.60 Å². The highest BCUT2D eigenvalue weighted by atomic mass is 35.5. The fraction of sp³-hybridized carbons (Fsp3) is 0.588. The van der Waals surface area contributed by atoms with Crippen molar-refractivity contribution in [1.82, 2.24) is 25.1 Å². The van der Waals surface area contributed by atoms with Gasteiger partial charge in [0.05, 0.1) is 89.6 Å². The zero-order valence-corrected chi connectivity index (χ0v) is 31.6. The first-order chi connectivity index (χ1) is 26.6. The van der Waals surface area contributed by atoms with Crippen molar-refractivity contribution in [2.75, 3.05) is 97.0 Å². The molecule has 2 aliphatic rings. The Balaban J connectivity index is 1.07. The molecule has 0 bridgehead atoms. The number of amides is 1. The Morgan fingerprint density at radius 1 is 0.964 bits per heavy atom. The predicted octanol–water partition coefficient (Wildman–Crippen LogP) is 0.261. The largest absolute Gasteiger partial charge is 0.387 e. The molecule has 5 atom stereocenters. The average Bonchev–Trinajstić information content (AvgIpc) is 3.68. The summed E-state index contributed by atoms with van der Waals surface area (Å²) < 4.78 is 50.6. The van der Waals surface area contributed by atoms with E-state index in [-0.39, 0.29) is 42.6 Å². The number of nitrogens with zero attached hydrogens (tertiary/aromatic N) is 5. The predicted molar refractivity (Wildman–Crippen MR) is 195 cm³/mol. The van der Waals surface area contributed by atoms with Crippen molar-refractivity contribution in [1.29, 1.82) is 0 Å². The fourth-order valence-corrected chi connectivity index (χ4v) is 6.30. The Morgan fingerprint density at radius 2 is 1.60 bits per heavy atom. The molecule has 2 saturated heterocycles. The molecule has 0 aliphatic carbocycles. The molecule has 302 valence electrons. The number of hydrogen-bond acceptors (Lipinski definition) is 15. The average molecular weight is 813 g/mol. The Bertz CT molecular complexity index is 1740. The van der Waals surface area contributed by atoms with Crippen molar-refractivity contribution in [2.24, 2.45) is 5.92 Å². The number of carbonyl (C=O) groups is 1. The van der Waals surface area contributed by atoms with Crippen molar-refractivity contribution in [3.8, 4) is 12.3 Å². The third-order valence-electron chi connectivity index (χ3n) is 8.55. The summed E-state index contributed by atoms with van der Waals surface area (Å²) in [7, 11) is -4.44. The molecule has 0 unspecified atom stereocenters. The number of carbonyl (C=O) groups excluding carboxylic acids is 1. The molecule has 2 fully saturated rings. The molecule has 0 saturated carbocycles. The van der Waals surface area contributed by atoms with Crippen LogP contribution >= 0.6 is 19.2 Å². The molecule has 0 radical (unpaired) electrons. The van der Waals surface area contributed by atoms with Crippen molar-refractivity contribution < 1.29 is 62.5 Å². The van der Waals surface area contributed by atoms with E-state index in [2.05, 4.69) is 26.3 Å². The molecule has 0 spiro atoms. The van der Waals surface area contributed by atoms with Gasteiger partial charge in [-0.05, 0) is 17.2 Å². The zero-order chi connectivity index (χ0) is 39.2. The van der Waals surface area contributed by atoms with E-state index < -0.39 is 44.5 Å². The molecule has 5 N–H and O–H groups in total. The Hall–Kier alpha value is -3.32. The number of aliphatic hydroxyl groups is 2. The van der Waals surface area contributed by atoms with Crippen molar-refractivity contribution in [2.45, 2.75) is 30.6 Å². The highest BCUT2D eigenvalue weighted by Crippen LogP contribution is 2.37. The lowest BCUT2D eigenvalue weighted by Crippen LogP contribution is -2.54. The number of nitrogens with one attached hydrogen (secondary N) is 1. The van der Waals surface area contributed by atoms with Gasteiger partial charge in [-0.2, -0.15) is 15.1 Å². The van der Waals surface area contributed by atoms with Crippen LogP contribution in [0.25, 0.3) is 11.0 Å². The van der Waals surface area contributed by atoms with Crippen molar-refractivity contribution in [3.63, 3.8) is 0 Å². The standard InChI is InChI=1S/C34H46ClN6O13P/c1-2-8-48-9-10-49-11-12-50-13-14-51-15-16-52-20-26(23-6-4-3-5-7-23)37-32(44)24-18-40(19-24)30-25-17-36-41(31(25)39-34(35)38-30)33-29(43)28(42)27(54-33)21-53-22-55(45,46)47/h1,3-7,17,24,26-29,33,42-43H,8-16,18-22H2,(H,37,44)(H2,45,46,47)/t26-,27+,28+,29+,33+/m0/s1. The summed E-state index contributed by atoms with van der Waals surface area (Å²) in [5.74, 6) is 2.27. The fourth-order valence-electron chi connectivity index (χ4n) is 5.79. The second-order valence-electron chi connectivity index (χ2n) is 12.6. The molecule has 5 rings (SSSR count). The number of fused-ring (bicyclic) bond motifs is 1. The lowest BCUT2D eigenvalue weighted by atomic mass is 9.97. The van der Waals surface area contributed by atoms with Crippen LogP contribution in [-0.4, -0.2) is 156 Å². The quantitative estimate of drug-likeness (QED) is 0.0353.